The van der Waals surface area contributed by atoms with Crippen molar-refractivity contribution in [1.29, 1.82) is 0 Å². The van der Waals surface area contributed by atoms with Gasteiger partial charge in [-0.05, 0) is 18.4 Å². The summed E-state index contributed by atoms with van der Waals surface area (Å²) >= 11 is 0. The first kappa shape index (κ1) is 14.3. The van der Waals surface area contributed by atoms with Gasteiger partial charge in [-0.3, -0.25) is 0 Å². The summed E-state index contributed by atoms with van der Waals surface area (Å²) in [5, 5.41) is 21.0. The van der Waals surface area contributed by atoms with E-state index < -0.39 is 18.0 Å². The number of aliphatic hydroxyl groups excluding tert-OH is 1. The number of nitrogens with one attached hydrogen (secondary N) is 1. The summed E-state index contributed by atoms with van der Waals surface area (Å²) in [5.41, 5.74) is 0.521. The van der Waals surface area contributed by atoms with Crippen LogP contribution in [0.1, 0.15) is 24.4 Å². The Balaban J connectivity index is 2.09. The van der Waals surface area contributed by atoms with Crippen molar-refractivity contribution >= 4 is 12.0 Å². The van der Waals surface area contributed by atoms with E-state index in [1.165, 1.54) is 4.90 Å². The van der Waals surface area contributed by atoms with Crippen LogP contribution < -0.4 is 5.32 Å². The predicted molar refractivity (Wildman–Crippen MR) is 72.2 cm³/mol. The van der Waals surface area contributed by atoms with Gasteiger partial charge in [0, 0.05) is 6.54 Å². The van der Waals surface area contributed by atoms with Gasteiger partial charge in [0.2, 0.25) is 0 Å². The summed E-state index contributed by atoms with van der Waals surface area (Å²) in [6, 6.07) is 6.81. The lowest BCUT2D eigenvalue weighted by Gasteiger charge is -2.25. The van der Waals surface area contributed by atoms with Crippen LogP contribution in [0.4, 0.5) is 4.79 Å². The third-order valence-corrected chi connectivity index (χ3v) is 3.50. The Bertz CT molecular complexity index is 477. The minimum atomic E-state index is -1.11. The molecule has 1 saturated heterocycles. The molecule has 6 heteroatoms. The minimum absolute atomic E-state index is 0.101. The minimum Gasteiger partial charge on any atom is -0.479 e. The lowest BCUT2D eigenvalue weighted by molar-refractivity contribution is -0.139. The standard InChI is InChI=1S/C14H18N2O4/c17-9-11-7-4-8-16(11)14(20)15-12(13(18)19)10-5-2-1-3-6-10/h1-3,5-6,11-12,17H,4,7-9H2,(H,15,20)(H,18,19)/t11?,12-/m0/s1. The van der Waals surface area contributed by atoms with E-state index in [0.29, 0.717) is 12.1 Å². The summed E-state index contributed by atoms with van der Waals surface area (Å²) in [7, 11) is 0. The van der Waals surface area contributed by atoms with E-state index in [1.807, 2.05) is 0 Å². The fourth-order valence-electron chi connectivity index (χ4n) is 2.43. The molecular formula is C14H18N2O4. The van der Waals surface area contributed by atoms with Crippen molar-refractivity contribution < 1.29 is 19.8 Å². The number of carbonyl (C=O) groups is 2. The molecule has 3 N–H and O–H groups in total. The molecule has 1 heterocycles. The first-order valence-corrected chi connectivity index (χ1v) is 6.59. The number of aliphatic carboxylic acids is 1. The molecule has 20 heavy (non-hydrogen) atoms. The van der Waals surface area contributed by atoms with Gasteiger partial charge in [0.05, 0.1) is 12.6 Å². The summed E-state index contributed by atoms with van der Waals surface area (Å²) in [4.78, 5) is 25.0. The first-order valence-electron chi connectivity index (χ1n) is 6.59. The lowest BCUT2D eigenvalue weighted by Crippen LogP contribution is -2.46. The van der Waals surface area contributed by atoms with Crippen molar-refractivity contribution in [2.24, 2.45) is 0 Å². The van der Waals surface area contributed by atoms with E-state index in [-0.39, 0.29) is 12.6 Å². The van der Waals surface area contributed by atoms with Gasteiger partial charge in [-0.1, -0.05) is 30.3 Å². The topological polar surface area (TPSA) is 89.9 Å². The number of benzene rings is 1. The zero-order valence-corrected chi connectivity index (χ0v) is 11.0. The molecular weight excluding hydrogens is 260 g/mol. The second kappa shape index (κ2) is 6.38. The highest BCUT2D eigenvalue weighted by atomic mass is 16.4. The van der Waals surface area contributed by atoms with Crippen molar-refractivity contribution in [1.82, 2.24) is 10.2 Å². The largest absolute Gasteiger partial charge is 0.479 e. The quantitative estimate of drug-likeness (QED) is 0.765. The number of urea groups is 1. The molecule has 0 aliphatic carbocycles. The fraction of sp³-hybridized carbons (Fsp3) is 0.429. The van der Waals surface area contributed by atoms with Crippen molar-refractivity contribution in [2.45, 2.75) is 24.9 Å². The Morgan fingerprint density at radius 1 is 1.35 bits per heavy atom. The van der Waals surface area contributed by atoms with Crippen LogP contribution in [0.3, 0.4) is 0 Å². The van der Waals surface area contributed by atoms with Crippen LogP contribution in [0.5, 0.6) is 0 Å². The molecule has 1 aromatic carbocycles. The molecule has 0 bridgehead atoms. The Kier molecular flexibility index (Phi) is 4.57. The number of likely N-dealkylation sites (tertiary alicyclic amines) is 1. The van der Waals surface area contributed by atoms with Gasteiger partial charge in [0.15, 0.2) is 6.04 Å². The molecule has 2 rings (SSSR count). The molecule has 1 aliphatic rings. The average Bonchev–Trinajstić information content (AvgIpc) is 2.93. The summed E-state index contributed by atoms with van der Waals surface area (Å²) in [6.45, 7) is 0.439. The molecule has 1 unspecified atom stereocenters. The number of carboxylic acids is 1. The molecule has 2 amide bonds. The van der Waals surface area contributed by atoms with Gasteiger partial charge in [0.25, 0.3) is 0 Å². The van der Waals surface area contributed by atoms with Crippen molar-refractivity contribution in [3.8, 4) is 0 Å². The van der Waals surface area contributed by atoms with E-state index in [1.54, 1.807) is 30.3 Å². The zero-order chi connectivity index (χ0) is 14.5. The molecule has 0 spiro atoms. The Hall–Kier alpha value is -2.08. The van der Waals surface area contributed by atoms with E-state index in [2.05, 4.69) is 5.32 Å². The van der Waals surface area contributed by atoms with Gasteiger partial charge < -0.3 is 20.4 Å². The Morgan fingerprint density at radius 3 is 2.65 bits per heavy atom. The predicted octanol–water partition coefficient (Wildman–Crippen LogP) is 0.979. The molecule has 0 aromatic heterocycles. The van der Waals surface area contributed by atoms with Crippen molar-refractivity contribution in [3.05, 3.63) is 35.9 Å². The number of aliphatic hydroxyl groups is 1. The van der Waals surface area contributed by atoms with Gasteiger partial charge in [-0.2, -0.15) is 0 Å². The molecule has 1 aliphatic heterocycles. The fourth-order valence-corrected chi connectivity index (χ4v) is 2.43. The monoisotopic (exact) mass is 278 g/mol. The van der Waals surface area contributed by atoms with E-state index in [9.17, 15) is 19.8 Å². The van der Waals surface area contributed by atoms with Crippen LogP contribution in [0.15, 0.2) is 30.3 Å². The molecule has 1 fully saturated rings. The van der Waals surface area contributed by atoms with Gasteiger partial charge in [-0.15, -0.1) is 0 Å². The van der Waals surface area contributed by atoms with Gasteiger partial charge >= 0.3 is 12.0 Å². The summed E-state index contributed by atoms with van der Waals surface area (Å²) in [6.07, 6.45) is 1.56. The van der Waals surface area contributed by atoms with Crippen LogP contribution in [0, 0.1) is 0 Å². The van der Waals surface area contributed by atoms with Crippen LogP contribution >= 0.6 is 0 Å². The maximum Gasteiger partial charge on any atom is 0.330 e. The number of nitrogens with zero attached hydrogens (tertiary/aromatic N) is 1. The van der Waals surface area contributed by atoms with Crippen LogP contribution in [0.2, 0.25) is 0 Å². The van der Waals surface area contributed by atoms with E-state index in [0.717, 1.165) is 12.8 Å². The molecule has 108 valence electrons. The molecule has 1 aromatic rings. The second-order valence-electron chi connectivity index (χ2n) is 4.80. The molecule has 0 radical (unpaired) electrons. The Labute approximate surface area is 117 Å². The molecule has 6 nitrogen and oxygen atoms in total. The highest BCUT2D eigenvalue weighted by Crippen LogP contribution is 2.19. The zero-order valence-electron chi connectivity index (χ0n) is 11.0. The first-order chi connectivity index (χ1) is 9.63. The number of hydrogen-bond acceptors (Lipinski definition) is 3. The van der Waals surface area contributed by atoms with Gasteiger partial charge in [0.1, 0.15) is 0 Å². The van der Waals surface area contributed by atoms with E-state index in [4.69, 9.17) is 0 Å². The SMILES string of the molecule is O=C(O)[C@@H](NC(=O)N1CCCC1CO)c1ccccc1. The smallest absolute Gasteiger partial charge is 0.330 e. The summed E-state index contributed by atoms with van der Waals surface area (Å²) < 4.78 is 0. The van der Waals surface area contributed by atoms with Crippen molar-refractivity contribution in [2.75, 3.05) is 13.2 Å². The number of amides is 2. The maximum atomic E-state index is 12.1. The van der Waals surface area contributed by atoms with Crippen LogP contribution in [0.25, 0.3) is 0 Å². The highest BCUT2D eigenvalue weighted by molar-refractivity contribution is 5.84. The number of carboxylic acid groups (broad SMARTS) is 1. The third kappa shape index (κ3) is 3.08. The third-order valence-electron chi connectivity index (χ3n) is 3.50. The van der Waals surface area contributed by atoms with Gasteiger partial charge in [-0.25, -0.2) is 9.59 Å². The van der Waals surface area contributed by atoms with Crippen molar-refractivity contribution in [3.63, 3.8) is 0 Å². The molecule has 2 atom stereocenters. The number of hydrogen-bond donors (Lipinski definition) is 3. The maximum absolute atomic E-state index is 12.1. The number of carbonyl (C=O) groups excluding carboxylic acids is 1. The van der Waals surface area contributed by atoms with Crippen LogP contribution in [-0.2, 0) is 4.79 Å². The average molecular weight is 278 g/mol. The Morgan fingerprint density at radius 2 is 2.05 bits per heavy atom. The number of rotatable bonds is 4. The van der Waals surface area contributed by atoms with E-state index >= 15 is 0 Å². The summed E-state index contributed by atoms with van der Waals surface area (Å²) in [5.74, 6) is -1.11. The molecule has 0 saturated carbocycles. The van der Waals surface area contributed by atoms with Crippen LogP contribution in [-0.4, -0.2) is 46.3 Å². The normalized spacial score (nSPS) is 19.6. The second-order valence-corrected chi connectivity index (χ2v) is 4.80. The lowest BCUT2D eigenvalue weighted by atomic mass is 10.1. The highest BCUT2D eigenvalue weighted by Gasteiger charge is 2.31.